The van der Waals surface area contributed by atoms with Crippen molar-refractivity contribution in [1.29, 1.82) is 0 Å². The van der Waals surface area contributed by atoms with Crippen LogP contribution in [0.3, 0.4) is 0 Å². The molecule has 1 aromatic heterocycles. The first kappa shape index (κ1) is 10.3. The molecule has 1 rings (SSSR count). The van der Waals surface area contributed by atoms with Crippen LogP contribution >= 0.6 is 11.3 Å². The van der Waals surface area contributed by atoms with Crippen LogP contribution in [0, 0.1) is 0 Å². The molecule has 0 atom stereocenters. The first-order valence-electron chi connectivity index (χ1n) is 4.42. The van der Waals surface area contributed by atoms with Crippen molar-refractivity contribution >= 4 is 17.3 Å². The maximum absolute atomic E-state index is 10.5. The van der Waals surface area contributed by atoms with E-state index in [0.29, 0.717) is 6.61 Å². The summed E-state index contributed by atoms with van der Waals surface area (Å²) in [5, 5.41) is 2.16. The highest BCUT2D eigenvalue weighted by Gasteiger charge is 1.99. The van der Waals surface area contributed by atoms with Gasteiger partial charge in [0.25, 0.3) is 0 Å². The van der Waals surface area contributed by atoms with Crippen LogP contribution in [0.5, 0.6) is 0 Å². The van der Waals surface area contributed by atoms with Gasteiger partial charge in [-0.3, -0.25) is 4.79 Å². The van der Waals surface area contributed by atoms with Gasteiger partial charge in [-0.15, -0.1) is 11.3 Å². The molecular formula is C10H14O2S. The molecule has 1 aromatic rings. The summed E-state index contributed by atoms with van der Waals surface area (Å²) in [5.41, 5.74) is 1.36. The maximum Gasteiger partial charge on any atom is 0.302 e. The van der Waals surface area contributed by atoms with Crippen LogP contribution < -0.4 is 0 Å². The molecule has 3 heteroatoms. The van der Waals surface area contributed by atoms with Crippen molar-refractivity contribution in [3.63, 3.8) is 0 Å². The summed E-state index contributed by atoms with van der Waals surface area (Å²) in [6, 6.07) is 2.17. The molecule has 0 unspecified atom stereocenters. The molecule has 0 saturated heterocycles. The van der Waals surface area contributed by atoms with E-state index in [1.807, 2.05) is 0 Å². The highest BCUT2D eigenvalue weighted by atomic mass is 32.1. The normalized spacial score (nSPS) is 10.0. The van der Waals surface area contributed by atoms with Crippen LogP contribution in [0.1, 0.15) is 24.3 Å². The summed E-state index contributed by atoms with van der Waals surface area (Å²) >= 11 is 1.73. The fraction of sp³-hybridized carbons (Fsp3) is 0.500. The third-order valence-electron chi connectivity index (χ3n) is 1.77. The monoisotopic (exact) mass is 198 g/mol. The zero-order valence-electron chi connectivity index (χ0n) is 8.00. The average Bonchev–Trinajstić information content (AvgIpc) is 2.52. The van der Waals surface area contributed by atoms with Gasteiger partial charge in [0.05, 0.1) is 6.61 Å². The molecule has 0 spiro atoms. The quantitative estimate of drug-likeness (QED) is 0.694. The number of esters is 1. The molecule has 0 aliphatic carbocycles. The topological polar surface area (TPSA) is 26.3 Å². The highest BCUT2D eigenvalue weighted by molar-refractivity contribution is 7.10. The second-order valence-electron chi connectivity index (χ2n) is 2.86. The molecule has 0 radical (unpaired) electrons. The number of rotatable bonds is 4. The lowest BCUT2D eigenvalue weighted by Crippen LogP contribution is -2.02. The molecule has 0 saturated carbocycles. The fourth-order valence-corrected chi connectivity index (χ4v) is 2.00. The maximum atomic E-state index is 10.5. The van der Waals surface area contributed by atoms with Crippen molar-refractivity contribution in [3.05, 3.63) is 21.9 Å². The lowest BCUT2D eigenvalue weighted by atomic mass is 10.2. The van der Waals surface area contributed by atoms with Gasteiger partial charge < -0.3 is 4.74 Å². The van der Waals surface area contributed by atoms with E-state index in [2.05, 4.69) is 18.4 Å². The Morgan fingerprint density at radius 1 is 1.62 bits per heavy atom. The standard InChI is InChI=1S/C10H14O2S/c1-3-9-6-10(13-7-9)4-5-12-8(2)11/h6-7H,3-5H2,1-2H3. The molecule has 0 aliphatic rings. The molecule has 1 heterocycles. The molecule has 72 valence electrons. The third-order valence-corrected chi connectivity index (χ3v) is 2.82. The first-order chi connectivity index (χ1) is 6.22. The Hall–Kier alpha value is -0.830. The summed E-state index contributed by atoms with van der Waals surface area (Å²) in [5.74, 6) is -0.202. The largest absolute Gasteiger partial charge is 0.465 e. The van der Waals surface area contributed by atoms with Gasteiger partial charge >= 0.3 is 5.97 Å². The smallest absolute Gasteiger partial charge is 0.302 e. The Kier molecular flexibility index (Phi) is 3.96. The van der Waals surface area contributed by atoms with Gasteiger partial charge in [-0.25, -0.2) is 0 Å². The molecule has 0 N–H and O–H groups in total. The lowest BCUT2D eigenvalue weighted by molar-refractivity contribution is -0.140. The number of hydrogen-bond acceptors (Lipinski definition) is 3. The minimum Gasteiger partial charge on any atom is -0.465 e. The van der Waals surface area contributed by atoms with Gasteiger partial charge in [-0.05, 0) is 23.4 Å². The van der Waals surface area contributed by atoms with E-state index in [0.717, 1.165) is 12.8 Å². The molecule has 0 aromatic carbocycles. The number of ether oxygens (including phenoxy) is 1. The summed E-state index contributed by atoms with van der Waals surface area (Å²) in [6.07, 6.45) is 1.91. The summed E-state index contributed by atoms with van der Waals surface area (Å²) < 4.78 is 4.86. The van der Waals surface area contributed by atoms with E-state index in [-0.39, 0.29) is 5.97 Å². The highest BCUT2D eigenvalue weighted by Crippen LogP contribution is 2.15. The molecular weight excluding hydrogens is 184 g/mol. The van der Waals surface area contributed by atoms with E-state index in [1.54, 1.807) is 11.3 Å². The van der Waals surface area contributed by atoms with Crippen LogP contribution in [0.2, 0.25) is 0 Å². The number of thiophene rings is 1. The van der Waals surface area contributed by atoms with Gasteiger partial charge in [0, 0.05) is 18.2 Å². The average molecular weight is 198 g/mol. The Bertz CT molecular complexity index is 278. The van der Waals surface area contributed by atoms with Gasteiger partial charge in [-0.1, -0.05) is 6.92 Å². The number of carbonyl (C=O) groups is 1. The van der Waals surface area contributed by atoms with Gasteiger partial charge in [-0.2, -0.15) is 0 Å². The molecule has 0 fully saturated rings. The zero-order valence-corrected chi connectivity index (χ0v) is 8.82. The van der Waals surface area contributed by atoms with E-state index >= 15 is 0 Å². The van der Waals surface area contributed by atoms with Gasteiger partial charge in [0.2, 0.25) is 0 Å². The molecule has 2 nitrogen and oxygen atoms in total. The van der Waals surface area contributed by atoms with Crippen LogP contribution in [0.15, 0.2) is 11.4 Å². The van der Waals surface area contributed by atoms with Crippen molar-refractivity contribution in [2.24, 2.45) is 0 Å². The van der Waals surface area contributed by atoms with Crippen molar-refractivity contribution in [2.45, 2.75) is 26.7 Å². The van der Waals surface area contributed by atoms with Crippen LogP contribution in [0.25, 0.3) is 0 Å². The molecule has 0 amide bonds. The van der Waals surface area contributed by atoms with Gasteiger partial charge in [0.1, 0.15) is 0 Å². The van der Waals surface area contributed by atoms with Crippen LogP contribution in [0.4, 0.5) is 0 Å². The number of carbonyl (C=O) groups excluding carboxylic acids is 1. The molecule has 0 aliphatic heterocycles. The third kappa shape index (κ3) is 3.59. The number of hydrogen-bond donors (Lipinski definition) is 0. The van der Waals surface area contributed by atoms with E-state index < -0.39 is 0 Å². The van der Waals surface area contributed by atoms with Crippen LogP contribution in [-0.4, -0.2) is 12.6 Å². The summed E-state index contributed by atoms with van der Waals surface area (Å²) in [4.78, 5) is 11.8. The molecule has 0 bridgehead atoms. The summed E-state index contributed by atoms with van der Waals surface area (Å²) in [7, 11) is 0. The van der Waals surface area contributed by atoms with E-state index in [9.17, 15) is 4.79 Å². The van der Waals surface area contributed by atoms with Crippen molar-refractivity contribution < 1.29 is 9.53 Å². The lowest BCUT2D eigenvalue weighted by Gasteiger charge is -1.98. The Balaban J connectivity index is 2.32. The van der Waals surface area contributed by atoms with Crippen molar-refractivity contribution in [2.75, 3.05) is 6.61 Å². The second-order valence-corrected chi connectivity index (χ2v) is 3.86. The Morgan fingerprint density at radius 2 is 2.38 bits per heavy atom. The van der Waals surface area contributed by atoms with Gasteiger partial charge in [0.15, 0.2) is 0 Å². The fourth-order valence-electron chi connectivity index (χ4n) is 1.04. The second kappa shape index (κ2) is 5.02. The minimum absolute atomic E-state index is 0.202. The van der Waals surface area contributed by atoms with E-state index in [1.165, 1.54) is 17.4 Å². The predicted octanol–water partition coefficient (Wildman–Crippen LogP) is 2.42. The number of aryl methyl sites for hydroxylation is 1. The van der Waals surface area contributed by atoms with Crippen molar-refractivity contribution in [1.82, 2.24) is 0 Å². The molecule has 13 heavy (non-hydrogen) atoms. The Morgan fingerprint density at radius 3 is 2.92 bits per heavy atom. The minimum atomic E-state index is -0.202. The van der Waals surface area contributed by atoms with Crippen LogP contribution in [-0.2, 0) is 22.4 Å². The Labute approximate surface area is 82.5 Å². The predicted molar refractivity (Wildman–Crippen MR) is 54.0 cm³/mol. The zero-order chi connectivity index (χ0) is 9.68. The summed E-state index contributed by atoms with van der Waals surface area (Å²) in [6.45, 7) is 4.07. The van der Waals surface area contributed by atoms with E-state index in [4.69, 9.17) is 4.74 Å². The SMILES string of the molecule is CCc1csc(CCOC(C)=O)c1. The van der Waals surface area contributed by atoms with Crippen molar-refractivity contribution in [3.8, 4) is 0 Å². The first-order valence-corrected chi connectivity index (χ1v) is 5.30.